The molecule has 0 aliphatic heterocycles. The van der Waals surface area contributed by atoms with Crippen LogP contribution in [0.3, 0.4) is 0 Å². The molecule has 1 aromatic heterocycles. The van der Waals surface area contributed by atoms with Gasteiger partial charge in [0.1, 0.15) is 0 Å². The van der Waals surface area contributed by atoms with Gasteiger partial charge < -0.3 is 10.1 Å². The molecule has 0 unspecified atom stereocenters. The maximum Gasteiger partial charge on any atom is 0.299 e. The van der Waals surface area contributed by atoms with E-state index in [9.17, 15) is 14.9 Å². The second kappa shape index (κ2) is 10.7. The van der Waals surface area contributed by atoms with Crippen LogP contribution in [0.4, 0.5) is 0 Å². The summed E-state index contributed by atoms with van der Waals surface area (Å²) in [7, 11) is 1.66. The molecule has 1 N–H and O–H groups in total. The Morgan fingerprint density at radius 2 is 1.97 bits per heavy atom. The van der Waals surface area contributed by atoms with E-state index in [1.165, 1.54) is 4.68 Å². The number of ether oxygens (including phenoxy) is 1. The van der Waals surface area contributed by atoms with Gasteiger partial charge in [-0.1, -0.05) is 35.9 Å². The van der Waals surface area contributed by atoms with Gasteiger partial charge in [-0.2, -0.15) is 10.4 Å². The SMILES string of the molecule is Cc1nn(C)c(OC=O)c1C(C)(C)C(=O)N[C@@H](C)[C@@H](Cc1ccc(Cl)cc1)c1cccc(C#N)c1. The largest absolute Gasteiger partial charge is 0.410 e. The van der Waals surface area contributed by atoms with Crippen molar-refractivity contribution in [3.05, 3.63) is 81.5 Å². The van der Waals surface area contributed by atoms with Gasteiger partial charge in [-0.3, -0.25) is 9.59 Å². The van der Waals surface area contributed by atoms with E-state index in [0.717, 1.165) is 11.1 Å². The van der Waals surface area contributed by atoms with Crippen LogP contribution >= 0.6 is 11.6 Å². The molecule has 0 radical (unpaired) electrons. The normalized spacial score (nSPS) is 12.9. The molecule has 0 saturated heterocycles. The Balaban J connectivity index is 1.93. The Kier molecular flexibility index (Phi) is 7.98. The van der Waals surface area contributed by atoms with Crippen molar-refractivity contribution in [1.82, 2.24) is 15.1 Å². The Morgan fingerprint density at radius 3 is 2.60 bits per heavy atom. The van der Waals surface area contributed by atoms with E-state index in [0.29, 0.717) is 34.7 Å². The van der Waals surface area contributed by atoms with E-state index in [1.807, 2.05) is 49.4 Å². The van der Waals surface area contributed by atoms with E-state index >= 15 is 0 Å². The highest BCUT2D eigenvalue weighted by molar-refractivity contribution is 6.30. The number of carbonyl (C=O) groups is 2. The van der Waals surface area contributed by atoms with Crippen LogP contribution in [0, 0.1) is 18.3 Å². The molecule has 182 valence electrons. The number of benzene rings is 2. The molecular formula is C27H29ClN4O3. The number of aromatic nitrogens is 2. The second-order valence-corrected chi connectivity index (χ2v) is 9.60. The molecule has 35 heavy (non-hydrogen) atoms. The summed E-state index contributed by atoms with van der Waals surface area (Å²) >= 11 is 6.06. The van der Waals surface area contributed by atoms with Crippen molar-refractivity contribution < 1.29 is 14.3 Å². The quantitative estimate of drug-likeness (QED) is 0.440. The molecule has 1 heterocycles. The second-order valence-electron chi connectivity index (χ2n) is 9.16. The fourth-order valence-electron chi connectivity index (χ4n) is 4.44. The number of nitriles is 1. The number of hydrogen-bond donors (Lipinski definition) is 1. The van der Waals surface area contributed by atoms with Crippen LogP contribution in [0.25, 0.3) is 0 Å². The third-order valence-electron chi connectivity index (χ3n) is 6.30. The molecule has 0 saturated carbocycles. The highest BCUT2D eigenvalue weighted by Gasteiger charge is 2.38. The van der Waals surface area contributed by atoms with Gasteiger partial charge in [0.25, 0.3) is 6.47 Å². The zero-order chi connectivity index (χ0) is 25.8. The number of amides is 1. The number of nitrogens with one attached hydrogen (secondary N) is 1. The molecule has 3 rings (SSSR count). The molecular weight excluding hydrogens is 464 g/mol. The summed E-state index contributed by atoms with van der Waals surface area (Å²) in [4.78, 5) is 24.6. The lowest BCUT2D eigenvalue weighted by molar-refractivity contribution is -0.127. The summed E-state index contributed by atoms with van der Waals surface area (Å²) in [6, 6.07) is 16.9. The Labute approximate surface area is 210 Å². The summed E-state index contributed by atoms with van der Waals surface area (Å²) in [5, 5.41) is 17.5. The number of hydrogen-bond acceptors (Lipinski definition) is 5. The van der Waals surface area contributed by atoms with E-state index < -0.39 is 5.41 Å². The summed E-state index contributed by atoms with van der Waals surface area (Å²) in [6.07, 6.45) is 0.638. The van der Waals surface area contributed by atoms with Gasteiger partial charge in [-0.25, -0.2) is 4.68 Å². The number of rotatable bonds is 9. The first-order valence-corrected chi connectivity index (χ1v) is 11.7. The van der Waals surface area contributed by atoms with Crippen LogP contribution in [-0.4, -0.2) is 28.2 Å². The lowest BCUT2D eigenvalue weighted by atomic mass is 9.81. The van der Waals surface area contributed by atoms with Crippen LogP contribution in [-0.2, 0) is 28.5 Å². The van der Waals surface area contributed by atoms with E-state index in [4.69, 9.17) is 16.3 Å². The molecule has 0 fully saturated rings. The maximum absolute atomic E-state index is 13.6. The molecule has 2 aromatic carbocycles. The number of carbonyl (C=O) groups excluding carboxylic acids is 2. The van der Waals surface area contributed by atoms with Gasteiger partial charge in [-0.15, -0.1) is 0 Å². The topological polar surface area (TPSA) is 97.0 Å². The summed E-state index contributed by atoms with van der Waals surface area (Å²) < 4.78 is 6.61. The predicted molar refractivity (Wildman–Crippen MR) is 134 cm³/mol. The van der Waals surface area contributed by atoms with Crippen molar-refractivity contribution in [2.45, 2.75) is 51.5 Å². The maximum atomic E-state index is 13.6. The first-order valence-electron chi connectivity index (χ1n) is 11.3. The predicted octanol–water partition coefficient (Wildman–Crippen LogP) is 4.60. The standard InChI is InChI=1S/C27H29ClN4O3/c1-17(30-26(34)27(3,4)24-18(2)31-32(5)25(24)35-16-33)23(14-19-9-11-22(28)12-10-19)21-8-6-7-20(13-21)15-29/h6-13,16-17,23H,14H2,1-5H3,(H,30,34)/t17-,23+/m0/s1. The van der Waals surface area contributed by atoms with Crippen LogP contribution in [0.1, 0.15) is 54.6 Å². The third-order valence-corrected chi connectivity index (χ3v) is 6.55. The lowest BCUT2D eigenvalue weighted by Gasteiger charge is -2.31. The summed E-state index contributed by atoms with van der Waals surface area (Å²) in [5.41, 5.74) is 2.71. The lowest BCUT2D eigenvalue weighted by Crippen LogP contribution is -2.46. The minimum atomic E-state index is -1.02. The molecule has 7 nitrogen and oxygen atoms in total. The van der Waals surface area contributed by atoms with Gasteiger partial charge in [0, 0.05) is 24.0 Å². The zero-order valence-electron chi connectivity index (χ0n) is 20.5. The van der Waals surface area contributed by atoms with Gasteiger partial charge in [0.15, 0.2) is 0 Å². The highest BCUT2D eigenvalue weighted by atomic mass is 35.5. The zero-order valence-corrected chi connectivity index (χ0v) is 21.3. The Hall–Kier alpha value is -3.63. The van der Waals surface area contributed by atoms with E-state index in [-0.39, 0.29) is 23.7 Å². The van der Waals surface area contributed by atoms with Crippen molar-refractivity contribution in [2.75, 3.05) is 0 Å². The molecule has 1 amide bonds. The number of nitrogens with zero attached hydrogens (tertiary/aromatic N) is 3. The van der Waals surface area contributed by atoms with Crippen molar-refractivity contribution in [2.24, 2.45) is 7.05 Å². The van der Waals surface area contributed by atoms with Crippen molar-refractivity contribution >= 4 is 24.0 Å². The van der Waals surface area contributed by atoms with Gasteiger partial charge in [0.05, 0.1) is 28.3 Å². The van der Waals surface area contributed by atoms with E-state index in [1.54, 1.807) is 33.9 Å². The van der Waals surface area contributed by atoms with Crippen LogP contribution < -0.4 is 10.1 Å². The average molecular weight is 493 g/mol. The molecule has 0 bridgehead atoms. The molecule has 3 aromatic rings. The summed E-state index contributed by atoms with van der Waals surface area (Å²) in [6.45, 7) is 7.62. The monoisotopic (exact) mass is 492 g/mol. The third kappa shape index (κ3) is 5.72. The minimum absolute atomic E-state index is 0.107. The number of aryl methyl sites for hydroxylation is 2. The molecule has 0 spiro atoms. The first kappa shape index (κ1) is 26.0. The van der Waals surface area contributed by atoms with Crippen molar-refractivity contribution in [3.63, 3.8) is 0 Å². The van der Waals surface area contributed by atoms with Crippen LogP contribution in [0.5, 0.6) is 5.88 Å². The fourth-order valence-corrected chi connectivity index (χ4v) is 4.56. The fraction of sp³-hybridized carbons (Fsp3) is 0.333. The van der Waals surface area contributed by atoms with Gasteiger partial charge in [0.2, 0.25) is 11.8 Å². The highest BCUT2D eigenvalue weighted by Crippen LogP contribution is 2.35. The van der Waals surface area contributed by atoms with Gasteiger partial charge >= 0.3 is 0 Å². The van der Waals surface area contributed by atoms with Crippen molar-refractivity contribution in [3.8, 4) is 11.9 Å². The van der Waals surface area contributed by atoms with Crippen LogP contribution in [0.2, 0.25) is 5.02 Å². The first-order chi connectivity index (χ1) is 16.6. The molecule has 8 heteroatoms. The Morgan fingerprint density at radius 1 is 1.29 bits per heavy atom. The number of halogens is 1. The van der Waals surface area contributed by atoms with Crippen molar-refractivity contribution in [1.29, 1.82) is 5.26 Å². The van der Waals surface area contributed by atoms with Crippen LogP contribution in [0.15, 0.2) is 48.5 Å². The average Bonchev–Trinajstić information content (AvgIpc) is 3.11. The van der Waals surface area contributed by atoms with Gasteiger partial charge in [-0.05, 0) is 69.5 Å². The molecule has 2 atom stereocenters. The Bertz CT molecular complexity index is 1260. The molecule has 0 aliphatic carbocycles. The van der Waals surface area contributed by atoms with E-state index in [2.05, 4.69) is 16.5 Å². The molecule has 0 aliphatic rings. The smallest absolute Gasteiger partial charge is 0.299 e. The minimum Gasteiger partial charge on any atom is -0.410 e. The summed E-state index contributed by atoms with van der Waals surface area (Å²) in [5.74, 6) is -0.0935.